The number of aryl methyl sites for hydroxylation is 1. The molecule has 1 atom stereocenters. The Morgan fingerprint density at radius 1 is 1.33 bits per heavy atom. The molecule has 15 heavy (non-hydrogen) atoms. The summed E-state index contributed by atoms with van der Waals surface area (Å²) < 4.78 is 4.87. The summed E-state index contributed by atoms with van der Waals surface area (Å²) in [6.45, 7) is 3.24. The summed E-state index contributed by atoms with van der Waals surface area (Å²) in [4.78, 5) is 22.2. The Bertz CT molecular complexity index is 387. The lowest BCUT2D eigenvalue weighted by Crippen LogP contribution is -2.30. The molecule has 0 aromatic heterocycles. The number of hydrogen-bond acceptors (Lipinski definition) is 3. The fraction of sp³-hybridized carbons (Fsp3) is 0.273. The lowest BCUT2D eigenvalue weighted by atomic mass is 10.1. The molecule has 1 aromatic rings. The third-order valence-corrected chi connectivity index (χ3v) is 2.05. The van der Waals surface area contributed by atoms with Gasteiger partial charge >= 0.3 is 5.97 Å². The van der Waals surface area contributed by atoms with Gasteiger partial charge in [0.15, 0.2) is 6.10 Å². The average molecular weight is 207 g/mol. The van der Waals surface area contributed by atoms with Crippen LogP contribution in [-0.2, 0) is 9.53 Å². The molecule has 0 aliphatic rings. The maximum absolute atomic E-state index is 11.6. The highest BCUT2D eigenvalue weighted by Crippen LogP contribution is 2.09. The second-order valence-electron chi connectivity index (χ2n) is 3.26. The van der Waals surface area contributed by atoms with E-state index in [9.17, 15) is 9.59 Å². The van der Waals surface area contributed by atoms with Gasteiger partial charge in [-0.1, -0.05) is 18.2 Å². The Hall–Kier alpha value is -1.84. The Kier molecular flexibility index (Phi) is 3.44. The van der Waals surface area contributed by atoms with E-state index < -0.39 is 18.0 Å². The lowest BCUT2D eigenvalue weighted by Gasteiger charge is -2.10. The molecule has 1 aromatic carbocycles. The highest BCUT2D eigenvalue weighted by Gasteiger charge is 2.16. The highest BCUT2D eigenvalue weighted by molar-refractivity contribution is 5.93. The van der Waals surface area contributed by atoms with Gasteiger partial charge in [-0.15, -0.1) is 0 Å². The van der Waals surface area contributed by atoms with Gasteiger partial charge in [-0.3, -0.25) is 4.79 Å². The van der Waals surface area contributed by atoms with Crippen molar-refractivity contribution in [3.63, 3.8) is 0 Å². The van der Waals surface area contributed by atoms with E-state index in [1.54, 1.807) is 25.1 Å². The van der Waals surface area contributed by atoms with Gasteiger partial charge in [0.25, 0.3) is 5.91 Å². The van der Waals surface area contributed by atoms with Crippen LogP contribution in [0.2, 0.25) is 0 Å². The highest BCUT2D eigenvalue weighted by atomic mass is 16.5. The van der Waals surface area contributed by atoms with Crippen molar-refractivity contribution in [3.05, 3.63) is 35.4 Å². The van der Waals surface area contributed by atoms with Crippen molar-refractivity contribution in [2.45, 2.75) is 20.0 Å². The fourth-order valence-corrected chi connectivity index (χ4v) is 1.08. The fourth-order valence-electron chi connectivity index (χ4n) is 1.08. The van der Waals surface area contributed by atoms with Crippen LogP contribution in [0, 0.1) is 6.92 Å². The van der Waals surface area contributed by atoms with Crippen molar-refractivity contribution in [2.24, 2.45) is 5.73 Å². The van der Waals surface area contributed by atoms with Gasteiger partial charge in [0, 0.05) is 0 Å². The molecule has 0 spiro atoms. The molecule has 0 saturated carbocycles. The summed E-state index contributed by atoms with van der Waals surface area (Å²) >= 11 is 0. The van der Waals surface area contributed by atoms with Crippen molar-refractivity contribution in [3.8, 4) is 0 Å². The van der Waals surface area contributed by atoms with E-state index in [0.29, 0.717) is 5.56 Å². The van der Waals surface area contributed by atoms with Gasteiger partial charge < -0.3 is 10.5 Å². The zero-order chi connectivity index (χ0) is 11.4. The van der Waals surface area contributed by atoms with Crippen molar-refractivity contribution in [2.75, 3.05) is 0 Å². The molecule has 0 radical (unpaired) electrons. The largest absolute Gasteiger partial charge is 0.449 e. The van der Waals surface area contributed by atoms with Gasteiger partial charge in [0.05, 0.1) is 5.56 Å². The molecule has 2 N–H and O–H groups in total. The average Bonchev–Trinajstić information content (AvgIpc) is 2.18. The molecule has 0 fully saturated rings. The molecule has 80 valence electrons. The standard InChI is InChI=1S/C11H13NO3/c1-7-5-3-4-6-9(7)11(14)15-8(2)10(12)13/h3-6,8H,1-2H3,(H2,12,13)/t8-/m0/s1. The number of carbonyl (C=O) groups excluding carboxylic acids is 2. The van der Waals surface area contributed by atoms with Crippen molar-refractivity contribution >= 4 is 11.9 Å². The van der Waals surface area contributed by atoms with Crippen molar-refractivity contribution < 1.29 is 14.3 Å². The van der Waals surface area contributed by atoms with E-state index >= 15 is 0 Å². The van der Waals surface area contributed by atoms with Gasteiger partial charge in [-0.2, -0.15) is 0 Å². The normalized spacial score (nSPS) is 11.9. The predicted molar refractivity (Wildman–Crippen MR) is 55.3 cm³/mol. The van der Waals surface area contributed by atoms with Crippen LogP contribution in [0.3, 0.4) is 0 Å². The second kappa shape index (κ2) is 4.59. The number of nitrogens with two attached hydrogens (primary N) is 1. The SMILES string of the molecule is Cc1ccccc1C(=O)O[C@@H](C)C(N)=O. The molecular formula is C11H13NO3. The quantitative estimate of drug-likeness (QED) is 0.752. The van der Waals surface area contributed by atoms with Crippen LogP contribution in [0.25, 0.3) is 0 Å². The molecule has 0 saturated heterocycles. The number of carbonyl (C=O) groups is 2. The predicted octanol–water partition coefficient (Wildman–Crippen LogP) is 1.03. The van der Waals surface area contributed by atoms with E-state index in [2.05, 4.69) is 0 Å². The number of amides is 1. The first kappa shape index (κ1) is 11.2. The Morgan fingerprint density at radius 3 is 2.47 bits per heavy atom. The van der Waals surface area contributed by atoms with Gasteiger partial charge in [-0.05, 0) is 25.5 Å². The first-order valence-corrected chi connectivity index (χ1v) is 4.58. The molecule has 0 aliphatic carbocycles. The summed E-state index contributed by atoms with van der Waals surface area (Å²) in [6.07, 6.45) is -0.905. The summed E-state index contributed by atoms with van der Waals surface area (Å²) in [5, 5.41) is 0. The van der Waals surface area contributed by atoms with E-state index in [1.165, 1.54) is 6.92 Å². The molecule has 0 bridgehead atoms. The number of primary amides is 1. The molecule has 0 heterocycles. The molecule has 1 amide bonds. The monoisotopic (exact) mass is 207 g/mol. The minimum atomic E-state index is -0.905. The minimum Gasteiger partial charge on any atom is -0.449 e. The summed E-state index contributed by atoms with van der Waals surface area (Å²) in [5.41, 5.74) is 6.24. The molecular weight excluding hydrogens is 194 g/mol. The maximum atomic E-state index is 11.6. The maximum Gasteiger partial charge on any atom is 0.339 e. The van der Waals surface area contributed by atoms with Crippen LogP contribution in [0.15, 0.2) is 24.3 Å². The van der Waals surface area contributed by atoms with Gasteiger partial charge in [-0.25, -0.2) is 4.79 Å². The second-order valence-corrected chi connectivity index (χ2v) is 3.26. The molecule has 0 aliphatic heterocycles. The molecule has 0 unspecified atom stereocenters. The van der Waals surface area contributed by atoms with Crippen LogP contribution < -0.4 is 5.73 Å². The van der Waals surface area contributed by atoms with Crippen molar-refractivity contribution in [1.29, 1.82) is 0 Å². The number of benzene rings is 1. The van der Waals surface area contributed by atoms with E-state index in [-0.39, 0.29) is 0 Å². The third kappa shape index (κ3) is 2.80. The molecule has 1 rings (SSSR count). The summed E-state index contributed by atoms with van der Waals surface area (Å²) in [6, 6.07) is 7.00. The Balaban J connectivity index is 2.78. The van der Waals surface area contributed by atoms with E-state index in [1.807, 2.05) is 6.07 Å². The smallest absolute Gasteiger partial charge is 0.339 e. The lowest BCUT2D eigenvalue weighted by molar-refractivity contribution is -0.125. The van der Waals surface area contributed by atoms with Crippen LogP contribution >= 0.6 is 0 Å². The number of ether oxygens (including phenoxy) is 1. The first-order chi connectivity index (χ1) is 7.02. The van der Waals surface area contributed by atoms with E-state index in [0.717, 1.165) is 5.56 Å². The van der Waals surface area contributed by atoms with E-state index in [4.69, 9.17) is 10.5 Å². The zero-order valence-electron chi connectivity index (χ0n) is 8.69. The van der Waals surface area contributed by atoms with Crippen molar-refractivity contribution in [1.82, 2.24) is 0 Å². The number of rotatable bonds is 3. The molecule has 4 nitrogen and oxygen atoms in total. The van der Waals surface area contributed by atoms with Gasteiger partial charge in [0.1, 0.15) is 0 Å². The van der Waals surface area contributed by atoms with Crippen LogP contribution in [0.4, 0.5) is 0 Å². The first-order valence-electron chi connectivity index (χ1n) is 4.58. The Labute approximate surface area is 88.0 Å². The minimum absolute atomic E-state index is 0.450. The number of esters is 1. The Morgan fingerprint density at radius 2 is 1.93 bits per heavy atom. The summed E-state index contributed by atoms with van der Waals surface area (Å²) in [7, 11) is 0. The third-order valence-electron chi connectivity index (χ3n) is 2.05. The zero-order valence-corrected chi connectivity index (χ0v) is 8.69. The van der Waals surface area contributed by atoms with Crippen LogP contribution in [-0.4, -0.2) is 18.0 Å². The van der Waals surface area contributed by atoms with Gasteiger partial charge in [0.2, 0.25) is 0 Å². The molecule has 4 heteroatoms. The van der Waals surface area contributed by atoms with Crippen LogP contribution in [0.5, 0.6) is 0 Å². The topological polar surface area (TPSA) is 69.4 Å². The summed E-state index contributed by atoms with van der Waals surface area (Å²) in [5.74, 6) is -1.18. The van der Waals surface area contributed by atoms with Crippen LogP contribution in [0.1, 0.15) is 22.8 Å². The number of hydrogen-bond donors (Lipinski definition) is 1.